The number of furan rings is 1. The molecule has 0 fully saturated rings. The molecule has 0 unspecified atom stereocenters. The number of fused-ring (bicyclic) bond motifs is 4. The first-order valence-electron chi connectivity index (χ1n) is 11.5. The van der Waals surface area contributed by atoms with Crippen molar-refractivity contribution in [2.24, 2.45) is 0 Å². The molecule has 0 aliphatic rings. The Balaban J connectivity index is 1.80. The van der Waals surface area contributed by atoms with Gasteiger partial charge in [0.25, 0.3) is 0 Å². The van der Waals surface area contributed by atoms with E-state index >= 15 is 0 Å². The first-order chi connectivity index (χ1) is 17.0. The third-order valence-corrected chi connectivity index (χ3v) is 6.44. The topological polar surface area (TPSA) is 58.6 Å². The van der Waals surface area contributed by atoms with E-state index < -0.39 is 5.97 Å². The molecular weight excluding hydrogens is 436 g/mol. The Labute approximate surface area is 202 Å². The molecule has 5 heteroatoms. The van der Waals surface area contributed by atoms with Gasteiger partial charge in [0.05, 0.1) is 16.8 Å². The molecule has 0 saturated carbocycles. The highest BCUT2D eigenvalue weighted by Gasteiger charge is 2.24. The first-order valence-corrected chi connectivity index (χ1v) is 11.5. The van der Waals surface area contributed by atoms with Gasteiger partial charge in [-0.05, 0) is 61.3 Å². The largest absolute Gasteiger partial charge is 0.478 e. The van der Waals surface area contributed by atoms with Gasteiger partial charge in [-0.3, -0.25) is 0 Å². The van der Waals surface area contributed by atoms with E-state index in [0.29, 0.717) is 6.54 Å². The van der Waals surface area contributed by atoms with Crippen LogP contribution in [0.5, 0.6) is 0 Å². The predicted octanol–water partition coefficient (Wildman–Crippen LogP) is 6.96. The summed E-state index contributed by atoms with van der Waals surface area (Å²) in [5.41, 5.74) is 4.93. The van der Waals surface area contributed by atoms with Gasteiger partial charge in [-0.25, -0.2) is 4.79 Å². The van der Waals surface area contributed by atoms with Crippen molar-refractivity contribution >= 4 is 38.6 Å². The van der Waals surface area contributed by atoms with Crippen LogP contribution in [0.15, 0.2) is 95.4 Å². The van der Waals surface area contributed by atoms with Crippen molar-refractivity contribution in [1.82, 2.24) is 9.47 Å². The second-order valence-electron chi connectivity index (χ2n) is 9.09. The van der Waals surface area contributed by atoms with Crippen molar-refractivity contribution < 1.29 is 14.3 Å². The fourth-order valence-electron chi connectivity index (χ4n) is 5.01. The number of para-hydroxylation sites is 1. The number of carbonyl (C=O) groups is 1. The molecule has 5 nitrogen and oxygen atoms in total. The zero-order valence-corrected chi connectivity index (χ0v) is 19.5. The van der Waals surface area contributed by atoms with Gasteiger partial charge in [0.1, 0.15) is 5.58 Å². The number of benzene rings is 4. The van der Waals surface area contributed by atoms with Crippen LogP contribution >= 0.6 is 0 Å². The van der Waals surface area contributed by atoms with Crippen LogP contribution in [-0.4, -0.2) is 34.6 Å². The van der Waals surface area contributed by atoms with Gasteiger partial charge in [-0.15, -0.1) is 0 Å². The van der Waals surface area contributed by atoms with Gasteiger partial charge in [0.2, 0.25) is 0 Å². The van der Waals surface area contributed by atoms with Crippen LogP contribution in [0.3, 0.4) is 0 Å². The predicted molar refractivity (Wildman–Crippen MR) is 140 cm³/mol. The van der Waals surface area contributed by atoms with Crippen molar-refractivity contribution in [2.75, 3.05) is 14.1 Å². The zero-order chi connectivity index (χ0) is 24.1. The minimum absolute atomic E-state index is 0.245. The molecule has 0 aliphatic carbocycles. The molecule has 0 saturated heterocycles. The number of carboxylic acids is 1. The Bertz CT molecular complexity index is 1710. The molecule has 0 bridgehead atoms. The summed E-state index contributed by atoms with van der Waals surface area (Å²) in [4.78, 5) is 14.0. The van der Waals surface area contributed by atoms with Gasteiger partial charge in [0.15, 0.2) is 5.76 Å². The number of aromatic nitrogens is 1. The number of carboxylic acid groups (broad SMARTS) is 1. The number of hydrogen-bond acceptors (Lipinski definition) is 3. The van der Waals surface area contributed by atoms with Gasteiger partial charge < -0.3 is 19.0 Å². The Morgan fingerprint density at radius 3 is 2.43 bits per heavy atom. The van der Waals surface area contributed by atoms with Crippen LogP contribution in [0.2, 0.25) is 0 Å². The van der Waals surface area contributed by atoms with Crippen molar-refractivity contribution in [3.05, 3.63) is 102 Å². The molecule has 35 heavy (non-hydrogen) atoms. The maximum Gasteiger partial charge on any atom is 0.335 e. The Kier molecular flexibility index (Phi) is 4.94. The highest BCUT2D eigenvalue weighted by molar-refractivity contribution is 6.11. The van der Waals surface area contributed by atoms with E-state index in [-0.39, 0.29) is 5.56 Å². The Morgan fingerprint density at radius 2 is 1.66 bits per heavy atom. The summed E-state index contributed by atoms with van der Waals surface area (Å²) in [7, 11) is 4.11. The zero-order valence-electron chi connectivity index (χ0n) is 19.5. The van der Waals surface area contributed by atoms with Gasteiger partial charge in [0, 0.05) is 28.6 Å². The van der Waals surface area contributed by atoms with Crippen LogP contribution in [0, 0.1) is 0 Å². The van der Waals surface area contributed by atoms with E-state index in [1.54, 1.807) is 18.2 Å². The molecule has 0 atom stereocenters. The lowest BCUT2D eigenvalue weighted by Crippen LogP contribution is -2.11. The van der Waals surface area contributed by atoms with Crippen LogP contribution in [0.25, 0.3) is 49.8 Å². The number of nitrogens with zero attached hydrogens (tertiary/aromatic N) is 2. The fourth-order valence-corrected chi connectivity index (χ4v) is 5.01. The minimum atomic E-state index is -0.951. The molecule has 0 radical (unpaired) electrons. The van der Waals surface area contributed by atoms with E-state index in [2.05, 4.69) is 60.0 Å². The smallest absolute Gasteiger partial charge is 0.335 e. The molecule has 2 heterocycles. The number of rotatable bonds is 5. The van der Waals surface area contributed by atoms with Crippen LogP contribution in [0.1, 0.15) is 15.9 Å². The maximum absolute atomic E-state index is 11.8. The summed E-state index contributed by atoms with van der Waals surface area (Å²) in [5.74, 6) is -0.198. The van der Waals surface area contributed by atoms with E-state index in [9.17, 15) is 9.90 Å². The third-order valence-electron chi connectivity index (χ3n) is 6.44. The molecule has 172 valence electrons. The van der Waals surface area contributed by atoms with E-state index in [0.717, 1.165) is 55.3 Å². The summed E-state index contributed by atoms with van der Waals surface area (Å²) >= 11 is 0. The lowest BCUT2D eigenvalue weighted by Gasteiger charge is -2.14. The summed E-state index contributed by atoms with van der Waals surface area (Å²) in [6.45, 7) is 0.697. The average molecular weight is 461 g/mol. The van der Waals surface area contributed by atoms with Crippen molar-refractivity contribution in [3.8, 4) is 17.1 Å². The average Bonchev–Trinajstić information content (AvgIpc) is 3.43. The monoisotopic (exact) mass is 460 g/mol. The normalized spacial score (nSPS) is 11.7. The lowest BCUT2D eigenvalue weighted by molar-refractivity contribution is 0.0697. The van der Waals surface area contributed by atoms with Crippen molar-refractivity contribution in [3.63, 3.8) is 0 Å². The molecule has 6 rings (SSSR count). The second kappa shape index (κ2) is 8.15. The summed E-state index contributed by atoms with van der Waals surface area (Å²) in [5, 5.41) is 14.2. The minimum Gasteiger partial charge on any atom is -0.478 e. The van der Waals surface area contributed by atoms with Crippen molar-refractivity contribution in [2.45, 2.75) is 6.54 Å². The Morgan fingerprint density at radius 1 is 0.886 bits per heavy atom. The molecule has 6 aromatic rings. The number of hydrogen-bond donors (Lipinski definition) is 1. The van der Waals surface area contributed by atoms with E-state index in [4.69, 9.17) is 4.42 Å². The van der Waals surface area contributed by atoms with Crippen LogP contribution in [-0.2, 0) is 6.54 Å². The summed E-state index contributed by atoms with van der Waals surface area (Å²) in [6, 6.07) is 29.8. The SMILES string of the molecule is CN(C)Cc1c(-c2cc3ccccc3o2)n(-c2cccc(C(=O)O)c2)c2ccc3ccccc3c12. The molecule has 2 aromatic heterocycles. The summed E-state index contributed by atoms with van der Waals surface area (Å²) < 4.78 is 8.55. The van der Waals surface area contributed by atoms with E-state index in [1.165, 1.54) is 0 Å². The molecule has 0 spiro atoms. The molecule has 0 aliphatic heterocycles. The molecular formula is C30H24N2O3. The fraction of sp³-hybridized carbons (Fsp3) is 0.100. The summed E-state index contributed by atoms with van der Waals surface area (Å²) in [6.07, 6.45) is 0. The highest BCUT2D eigenvalue weighted by atomic mass is 16.4. The quantitative estimate of drug-likeness (QED) is 0.302. The molecule has 0 amide bonds. The van der Waals surface area contributed by atoms with Gasteiger partial charge in [-0.2, -0.15) is 0 Å². The second-order valence-corrected chi connectivity index (χ2v) is 9.09. The molecule has 1 N–H and O–H groups in total. The third kappa shape index (κ3) is 3.49. The standard InChI is InChI=1S/C30H24N2O3/c1-31(2)18-24-28-23-12-5-3-8-19(23)14-15-25(28)32(22-11-7-10-21(16-22)30(33)34)29(24)27-17-20-9-4-6-13-26(20)35-27/h3-17H,18H2,1-2H3,(H,33,34). The lowest BCUT2D eigenvalue weighted by atomic mass is 10.0. The van der Waals surface area contributed by atoms with Crippen LogP contribution < -0.4 is 0 Å². The first kappa shape index (κ1) is 21.2. The number of aromatic carboxylic acids is 1. The van der Waals surface area contributed by atoms with Crippen LogP contribution in [0.4, 0.5) is 0 Å². The van der Waals surface area contributed by atoms with E-state index in [1.807, 2.05) is 36.4 Å². The Hall–Kier alpha value is -4.35. The van der Waals surface area contributed by atoms with Gasteiger partial charge >= 0.3 is 5.97 Å². The highest BCUT2D eigenvalue weighted by Crippen LogP contribution is 2.42. The van der Waals surface area contributed by atoms with Gasteiger partial charge in [-0.1, -0.05) is 54.6 Å². The maximum atomic E-state index is 11.8. The molecule has 4 aromatic carbocycles. The van der Waals surface area contributed by atoms with Crippen molar-refractivity contribution in [1.29, 1.82) is 0 Å².